The molecule has 1 rings (SSSR count). The molecule has 0 saturated carbocycles. The van der Waals surface area contributed by atoms with Crippen molar-refractivity contribution < 1.29 is 4.79 Å². The van der Waals surface area contributed by atoms with Crippen LogP contribution in [0.3, 0.4) is 0 Å². The van der Waals surface area contributed by atoms with Gasteiger partial charge in [0.1, 0.15) is 5.82 Å². The van der Waals surface area contributed by atoms with Gasteiger partial charge in [-0.25, -0.2) is 4.98 Å². The lowest BCUT2D eigenvalue weighted by molar-refractivity contribution is -0.115. The smallest absolute Gasteiger partial charge is 0.239 e. The number of alkyl halides is 1. The van der Waals surface area contributed by atoms with Crippen molar-refractivity contribution in [2.45, 2.75) is 25.6 Å². The maximum atomic E-state index is 11.3. The lowest BCUT2D eigenvalue weighted by Gasteiger charge is -2.07. The van der Waals surface area contributed by atoms with E-state index in [0.717, 1.165) is 11.3 Å². The van der Waals surface area contributed by atoms with Crippen LogP contribution in [0.25, 0.3) is 0 Å². The van der Waals surface area contributed by atoms with Crippen LogP contribution in [0, 0.1) is 13.8 Å². The Labute approximate surface area is 92.1 Å². The van der Waals surface area contributed by atoms with Crippen molar-refractivity contribution >= 4 is 27.7 Å². The Bertz CT molecular complexity index is 330. The molecule has 0 aliphatic heterocycles. The van der Waals surface area contributed by atoms with E-state index < -0.39 is 0 Å². The number of nitrogens with zero attached hydrogens (tertiary/aromatic N) is 1. The van der Waals surface area contributed by atoms with Gasteiger partial charge in [-0.1, -0.05) is 15.9 Å². The van der Waals surface area contributed by atoms with E-state index in [1.54, 1.807) is 6.92 Å². The monoisotopic (exact) mass is 256 g/mol. The van der Waals surface area contributed by atoms with Crippen LogP contribution in [0.15, 0.2) is 12.1 Å². The SMILES string of the molecule is Cc1cc(C)nc(NC(=O)C(C)Br)c1. The first-order valence-electron chi connectivity index (χ1n) is 4.39. The molecular weight excluding hydrogens is 244 g/mol. The molecule has 0 spiro atoms. The zero-order valence-corrected chi connectivity index (χ0v) is 10.1. The topological polar surface area (TPSA) is 42.0 Å². The summed E-state index contributed by atoms with van der Waals surface area (Å²) in [6, 6.07) is 3.81. The molecule has 1 atom stereocenters. The minimum atomic E-state index is -0.204. The zero-order chi connectivity index (χ0) is 10.7. The van der Waals surface area contributed by atoms with Gasteiger partial charge in [0.05, 0.1) is 4.83 Å². The minimum Gasteiger partial charge on any atom is -0.310 e. The van der Waals surface area contributed by atoms with E-state index in [0.29, 0.717) is 5.82 Å². The summed E-state index contributed by atoms with van der Waals surface area (Å²) in [4.78, 5) is 15.3. The molecule has 1 amide bonds. The molecule has 1 N–H and O–H groups in total. The van der Waals surface area contributed by atoms with Gasteiger partial charge in [-0.15, -0.1) is 0 Å². The molecule has 0 aliphatic carbocycles. The second-order valence-electron chi connectivity index (χ2n) is 3.28. The molecule has 3 nitrogen and oxygen atoms in total. The molecule has 1 aromatic heterocycles. The van der Waals surface area contributed by atoms with E-state index in [-0.39, 0.29) is 10.7 Å². The number of hydrogen-bond acceptors (Lipinski definition) is 2. The summed E-state index contributed by atoms with van der Waals surface area (Å²) >= 11 is 3.19. The lowest BCUT2D eigenvalue weighted by Crippen LogP contribution is -2.20. The zero-order valence-electron chi connectivity index (χ0n) is 8.47. The highest BCUT2D eigenvalue weighted by atomic mass is 79.9. The second kappa shape index (κ2) is 4.55. The van der Waals surface area contributed by atoms with E-state index in [4.69, 9.17) is 0 Å². The van der Waals surface area contributed by atoms with Crippen LogP contribution in [0.2, 0.25) is 0 Å². The van der Waals surface area contributed by atoms with Gasteiger partial charge < -0.3 is 5.32 Å². The fourth-order valence-electron chi connectivity index (χ4n) is 1.13. The van der Waals surface area contributed by atoms with Gasteiger partial charge in [0, 0.05) is 5.69 Å². The number of anilines is 1. The lowest BCUT2D eigenvalue weighted by atomic mass is 10.2. The van der Waals surface area contributed by atoms with Gasteiger partial charge in [0.15, 0.2) is 0 Å². The number of pyridine rings is 1. The summed E-state index contributed by atoms with van der Waals surface area (Å²) in [5.74, 6) is 0.529. The van der Waals surface area contributed by atoms with Crippen molar-refractivity contribution in [2.24, 2.45) is 0 Å². The van der Waals surface area contributed by atoms with E-state index in [1.165, 1.54) is 0 Å². The van der Waals surface area contributed by atoms with Crippen LogP contribution >= 0.6 is 15.9 Å². The number of carbonyl (C=O) groups is 1. The van der Waals surface area contributed by atoms with Gasteiger partial charge in [0.2, 0.25) is 5.91 Å². The number of rotatable bonds is 2. The first-order chi connectivity index (χ1) is 6.49. The Hall–Kier alpha value is -0.900. The van der Waals surface area contributed by atoms with Gasteiger partial charge >= 0.3 is 0 Å². The van der Waals surface area contributed by atoms with Crippen molar-refractivity contribution in [3.8, 4) is 0 Å². The largest absolute Gasteiger partial charge is 0.310 e. The summed E-state index contributed by atoms with van der Waals surface area (Å²) in [5.41, 5.74) is 2.00. The molecular formula is C10H13BrN2O. The molecule has 1 heterocycles. The van der Waals surface area contributed by atoms with Crippen molar-refractivity contribution in [2.75, 3.05) is 5.32 Å². The highest BCUT2D eigenvalue weighted by molar-refractivity contribution is 9.10. The Morgan fingerprint density at radius 1 is 1.50 bits per heavy atom. The third-order valence-corrected chi connectivity index (χ3v) is 2.13. The molecule has 0 radical (unpaired) electrons. The first-order valence-corrected chi connectivity index (χ1v) is 5.31. The van der Waals surface area contributed by atoms with Gasteiger partial charge in [-0.2, -0.15) is 0 Å². The van der Waals surface area contributed by atoms with Crippen molar-refractivity contribution in [3.05, 3.63) is 23.4 Å². The average molecular weight is 257 g/mol. The van der Waals surface area contributed by atoms with Crippen LogP contribution in [0.1, 0.15) is 18.2 Å². The summed E-state index contributed by atoms with van der Waals surface area (Å²) in [6.07, 6.45) is 0. The van der Waals surface area contributed by atoms with E-state index in [9.17, 15) is 4.79 Å². The average Bonchev–Trinajstić information content (AvgIpc) is 2.01. The Morgan fingerprint density at radius 3 is 2.64 bits per heavy atom. The Kier molecular flexibility index (Phi) is 3.63. The summed E-state index contributed by atoms with van der Waals surface area (Å²) in [7, 11) is 0. The number of carbonyl (C=O) groups excluding carboxylic acids is 1. The molecule has 1 aromatic rings. The van der Waals surface area contributed by atoms with Gasteiger partial charge in [-0.3, -0.25) is 4.79 Å². The van der Waals surface area contributed by atoms with Crippen molar-refractivity contribution in [3.63, 3.8) is 0 Å². The predicted octanol–water partition coefficient (Wildman–Crippen LogP) is 2.42. The molecule has 0 aliphatic rings. The third-order valence-electron chi connectivity index (χ3n) is 1.71. The summed E-state index contributed by atoms with van der Waals surface area (Å²) in [5, 5.41) is 2.73. The summed E-state index contributed by atoms with van der Waals surface area (Å²) < 4.78 is 0. The van der Waals surface area contributed by atoms with Gasteiger partial charge in [0.25, 0.3) is 0 Å². The van der Waals surface area contributed by atoms with Crippen LogP contribution in [0.4, 0.5) is 5.82 Å². The first kappa shape index (κ1) is 11.2. The van der Waals surface area contributed by atoms with E-state index >= 15 is 0 Å². The predicted molar refractivity (Wildman–Crippen MR) is 60.7 cm³/mol. The Balaban J connectivity index is 2.82. The minimum absolute atomic E-state index is 0.0810. The molecule has 0 saturated heterocycles. The molecule has 0 fully saturated rings. The Morgan fingerprint density at radius 2 is 2.14 bits per heavy atom. The number of hydrogen-bond donors (Lipinski definition) is 1. The maximum Gasteiger partial charge on any atom is 0.239 e. The normalized spacial score (nSPS) is 12.3. The molecule has 76 valence electrons. The van der Waals surface area contributed by atoms with E-state index in [1.807, 2.05) is 26.0 Å². The molecule has 1 unspecified atom stereocenters. The quantitative estimate of drug-likeness (QED) is 0.827. The van der Waals surface area contributed by atoms with E-state index in [2.05, 4.69) is 26.2 Å². The van der Waals surface area contributed by atoms with Crippen molar-refractivity contribution in [1.29, 1.82) is 0 Å². The van der Waals surface area contributed by atoms with Gasteiger partial charge in [-0.05, 0) is 38.5 Å². The molecule has 0 aromatic carbocycles. The van der Waals surface area contributed by atoms with Crippen LogP contribution in [-0.4, -0.2) is 15.7 Å². The number of halogens is 1. The highest BCUT2D eigenvalue weighted by Gasteiger charge is 2.09. The number of nitrogens with one attached hydrogen (secondary N) is 1. The fraction of sp³-hybridized carbons (Fsp3) is 0.400. The van der Waals surface area contributed by atoms with Crippen LogP contribution in [-0.2, 0) is 4.79 Å². The molecule has 0 bridgehead atoms. The number of amides is 1. The standard InChI is InChI=1S/C10H13BrN2O/c1-6-4-7(2)12-9(5-6)13-10(14)8(3)11/h4-5,8H,1-3H3,(H,12,13,14). The third kappa shape index (κ3) is 3.10. The van der Waals surface area contributed by atoms with Crippen LogP contribution in [0.5, 0.6) is 0 Å². The second-order valence-corrected chi connectivity index (χ2v) is 4.65. The van der Waals surface area contributed by atoms with Crippen molar-refractivity contribution in [1.82, 2.24) is 4.98 Å². The fourth-order valence-corrected chi connectivity index (χ4v) is 1.25. The maximum absolute atomic E-state index is 11.3. The molecule has 4 heteroatoms. The van der Waals surface area contributed by atoms with Crippen LogP contribution < -0.4 is 5.32 Å². The molecule has 14 heavy (non-hydrogen) atoms. The summed E-state index contributed by atoms with van der Waals surface area (Å²) in [6.45, 7) is 5.65. The highest BCUT2D eigenvalue weighted by Crippen LogP contribution is 2.10. The number of aryl methyl sites for hydroxylation is 2. The number of aromatic nitrogens is 1.